The first kappa shape index (κ1) is 30.5. The van der Waals surface area contributed by atoms with Gasteiger partial charge in [-0.2, -0.15) is 0 Å². The first-order chi connectivity index (χ1) is 21.2. The van der Waals surface area contributed by atoms with Gasteiger partial charge in [0.15, 0.2) is 0 Å². The zero-order chi connectivity index (χ0) is 31.1. The van der Waals surface area contributed by atoms with Crippen molar-refractivity contribution in [1.82, 2.24) is 9.96 Å². The van der Waals surface area contributed by atoms with Crippen LogP contribution in [-0.4, -0.2) is 67.4 Å². The number of ether oxygens (including phenoxy) is 1. The van der Waals surface area contributed by atoms with Gasteiger partial charge >= 0.3 is 0 Å². The summed E-state index contributed by atoms with van der Waals surface area (Å²) >= 11 is 12.4. The number of nitrogens with one attached hydrogen (secondary N) is 1. The standard InChI is InChI=1S/C32H31Cl2FN4O5/c1-37(43-2)30(41)19-11-13-22(14-12-19)39-17-44-32-26(31(39)42)25(23-7-4-8-24(34)27(23)35)28(38(32)16-18-9-10-18)29(40)36-21-6-3-5-20(33)15-21/h3-8,11-15,18,25-26,28,32H,9-10,16-17H2,1-2H3,(H,36,40)/t25-,26+,28?,32-/m0/s1. The zero-order valence-electron chi connectivity index (χ0n) is 24.1. The van der Waals surface area contributed by atoms with E-state index in [2.05, 4.69) is 5.32 Å². The number of rotatable bonds is 8. The van der Waals surface area contributed by atoms with Crippen LogP contribution < -0.4 is 10.2 Å². The highest BCUT2D eigenvalue weighted by Gasteiger charge is 2.60. The molecule has 1 N–H and O–H groups in total. The number of hydroxylamine groups is 2. The molecule has 0 aromatic heterocycles. The lowest BCUT2D eigenvalue weighted by molar-refractivity contribution is -0.146. The predicted molar refractivity (Wildman–Crippen MR) is 164 cm³/mol. The Bertz CT molecular complexity index is 1590. The molecule has 3 aromatic rings. The van der Waals surface area contributed by atoms with Crippen LogP contribution in [0, 0.1) is 17.7 Å². The van der Waals surface area contributed by atoms with E-state index in [9.17, 15) is 14.4 Å². The lowest BCUT2D eigenvalue weighted by atomic mass is 9.81. The smallest absolute Gasteiger partial charge is 0.277 e. The number of nitrogens with zero attached hydrogens (tertiary/aromatic N) is 3. The van der Waals surface area contributed by atoms with Crippen molar-refractivity contribution in [2.75, 3.05) is 37.6 Å². The number of halogens is 3. The third-order valence-electron chi connectivity index (χ3n) is 8.50. The number of hydrogen-bond donors (Lipinski definition) is 1. The minimum absolute atomic E-state index is 0.0835. The van der Waals surface area contributed by atoms with Crippen LogP contribution in [0.1, 0.15) is 34.7 Å². The van der Waals surface area contributed by atoms with Crippen molar-refractivity contribution >= 4 is 52.3 Å². The molecule has 2 heterocycles. The maximum absolute atomic E-state index is 15.8. The van der Waals surface area contributed by atoms with Crippen molar-refractivity contribution in [3.05, 3.63) is 93.7 Å². The molecule has 3 amide bonds. The van der Waals surface area contributed by atoms with Gasteiger partial charge in [-0.25, -0.2) is 9.45 Å². The van der Waals surface area contributed by atoms with Crippen molar-refractivity contribution in [2.45, 2.75) is 31.0 Å². The molecule has 3 aliphatic rings. The zero-order valence-corrected chi connectivity index (χ0v) is 25.6. The topological polar surface area (TPSA) is 91.4 Å². The van der Waals surface area contributed by atoms with Gasteiger partial charge in [-0.1, -0.05) is 41.4 Å². The van der Waals surface area contributed by atoms with Gasteiger partial charge in [-0.05, 0) is 72.9 Å². The number of carbonyl (C=O) groups is 3. The molecule has 0 spiro atoms. The van der Waals surface area contributed by atoms with E-state index in [1.807, 2.05) is 4.90 Å². The first-order valence-electron chi connectivity index (χ1n) is 14.3. The van der Waals surface area contributed by atoms with E-state index >= 15 is 4.39 Å². The summed E-state index contributed by atoms with van der Waals surface area (Å²) in [7, 11) is 2.89. The van der Waals surface area contributed by atoms with Crippen LogP contribution in [-0.2, 0) is 19.2 Å². The maximum Gasteiger partial charge on any atom is 0.277 e. The molecular formula is C32H31Cl2FN4O5. The van der Waals surface area contributed by atoms with E-state index in [-0.39, 0.29) is 29.1 Å². The number of benzene rings is 3. The average molecular weight is 642 g/mol. The minimum Gasteiger partial charge on any atom is -0.341 e. The number of amides is 3. The summed E-state index contributed by atoms with van der Waals surface area (Å²) < 4.78 is 22.1. The van der Waals surface area contributed by atoms with Crippen molar-refractivity contribution in [1.29, 1.82) is 0 Å². The van der Waals surface area contributed by atoms with Crippen molar-refractivity contribution in [3.8, 4) is 0 Å². The van der Waals surface area contributed by atoms with Gasteiger partial charge in [0.2, 0.25) is 11.8 Å². The summed E-state index contributed by atoms with van der Waals surface area (Å²) in [6, 6.07) is 16.9. The second-order valence-electron chi connectivity index (χ2n) is 11.3. The Morgan fingerprint density at radius 1 is 1.07 bits per heavy atom. The summed E-state index contributed by atoms with van der Waals surface area (Å²) in [5, 5.41) is 4.38. The molecule has 6 rings (SSSR count). The molecule has 4 atom stereocenters. The van der Waals surface area contributed by atoms with Crippen LogP contribution in [0.2, 0.25) is 10.0 Å². The Balaban J connectivity index is 1.39. The molecule has 0 bridgehead atoms. The van der Waals surface area contributed by atoms with Crippen molar-refractivity contribution in [3.63, 3.8) is 0 Å². The van der Waals surface area contributed by atoms with Gasteiger partial charge in [0.05, 0.1) is 24.1 Å². The maximum atomic E-state index is 15.8. The van der Waals surface area contributed by atoms with E-state index in [4.69, 9.17) is 32.8 Å². The molecule has 230 valence electrons. The summed E-state index contributed by atoms with van der Waals surface area (Å²) in [6.07, 6.45) is 1.22. The molecule has 44 heavy (non-hydrogen) atoms. The Morgan fingerprint density at radius 2 is 1.80 bits per heavy atom. The molecule has 1 saturated carbocycles. The van der Waals surface area contributed by atoms with E-state index in [1.165, 1.54) is 25.1 Å². The second kappa shape index (κ2) is 12.5. The van der Waals surface area contributed by atoms with Crippen molar-refractivity contribution < 1.29 is 28.3 Å². The molecule has 12 heteroatoms. The van der Waals surface area contributed by atoms with Crippen LogP contribution in [0.25, 0.3) is 0 Å². The average Bonchev–Trinajstić information content (AvgIpc) is 3.78. The Labute approximate surface area is 264 Å². The predicted octanol–water partition coefficient (Wildman–Crippen LogP) is 5.55. The summed E-state index contributed by atoms with van der Waals surface area (Å²) in [4.78, 5) is 49.4. The fraction of sp³-hybridized carbons (Fsp3) is 0.344. The summed E-state index contributed by atoms with van der Waals surface area (Å²) in [5.74, 6) is -3.25. The number of carbonyl (C=O) groups excluding carboxylic acids is 3. The van der Waals surface area contributed by atoms with Gasteiger partial charge < -0.3 is 10.1 Å². The highest BCUT2D eigenvalue weighted by atomic mass is 35.5. The van der Waals surface area contributed by atoms with Crippen LogP contribution in [0.15, 0.2) is 66.7 Å². The highest BCUT2D eigenvalue weighted by molar-refractivity contribution is 6.31. The van der Waals surface area contributed by atoms with Gasteiger partial charge in [0, 0.05) is 41.5 Å². The fourth-order valence-corrected chi connectivity index (χ4v) is 6.49. The lowest BCUT2D eigenvalue weighted by Crippen LogP contribution is -2.53. The van der Waals surface area contributed by atoms with Gasteiger partial charge in [-0.15, -0.1) is 0 Å². The molecule has 3 fully saturated rings. The summed E-state index contributed by atoms with van der Waals surface area (Å²) in [5.41, 5.74) is 1.52. The first-order valence-corrected chi connectivity index (χ1v) is 15.0. The van der Waals surface area contributed by atoms with E-state index in [0.717, 1.165) is 17.9 Å². The summed E-state index contributed by atoms with van der Waals surface area (Å²) in [6.45, 7) is 0.435. The Hall–Kier alpha value is -3.54. The third kappa shape index (κ3) is 5.80. The number of fused-ring (bicyclic) bond motifs is 1. The molecule has 2 aliphatic heterocycles. The monoisotopic (exact) mass is 640 g/mol. The number of hydrogen-bond acceptors (Lipinski definition) is 6. The molecular weight excluding hydrogens is 610 g/mol. The SMILES string of the molecule is CON(C)C(=O)c1ccc(N2CO[C@H]3[C@@H](C2=O)[C@H](c2cccc(Cl)c2F)C(C(=O)Nc2cccc(Cl)c2)N3CC2CC2)cc1. The van der Waals surface area contributed by atoms with Gasteiger partial charge in [-0.3, -0.25) is 29.0 Å². The normalized spacial score (nSPS) is 23.4. The lowest BCUT2D eigenvalue weighted by Gasteiger charge is -2.38. The largest absolute Gasteiger partial charge is 0.341 e. The highest BCUT2D eigenvalue weighted by Crippen LogP contribution is 2.49. The van der Waals surface area contributed by atoms with Crippen molar-refractivity contribution in [2.24, 2.45) is 11.8 Å². The van der Waals surface area contributed by atoms with E-state index < -0.39 is 35.8 Å². The Kier molecular flexibility index (Phi) is 8.63. The van der Waals surface area contributed by atoms with E-state index in [1.54, 1.807) is 60.7 Å². The Morgan fingerprint density at radius 3 is 2.48 bits per heavy atom. The fourth-order valence-electron chi connectivity index (χ4n) is 6.12. The molecule has 0 radical (unpaired) electrons. The molecule has 9 nitrogen and oxygen atoms in total. The molecule has 3 aromatic carbocycles. The van der Waals surface area contributed by atoms with Crippen LogP contribution >= 0.6 is 23.2 Å². The van der Waals surface area contributed by atoms with Crippen LogP contribution in [0.5, 0.6) is 0 Å². The molecule has 1 unspecified atom stereocenters. The van der Waals surface area contributed by atoms with E-state index in [0.29, 0.717) is 34.4 Å². The number of anilines is 2. The minimum atomic E-state index is -0.939. The molecule has 2 saturated heterocycles. The van der Waals surface area contributed by atoms with Crippen LogP contribution in [0.4, 0.5) is 15.8 Å². The third-order valence-corrected chi connectivity index (χ3v) is 9.02. The number of likely N-dealkylation sites (tertiary alicyclic amines) is 1. The van der Waals surface area contributed by atoms with Crippen LogP contribution in [0.3, 0.4) is 0 Å². The van der Waals surface area contributed by atoms with Gasteiger partial charge in [0.1, 0.15) is 18.8 Å². The van der Waals surface area contributed by atoms with Gasteiger partial charge in [0.25, 0.3) is 5.91 Å². The second-order valence-corrected chi connectivity index (χ2v) is 12.1. The quantitative estimate of drug-likeness (QED) is 0.325. The molecule has 1 aliphatic carbocycles.